The van der Waals surface area contributed by atoms with Crippen LogP contribution in [0.15, 0.2) is 36.7 Å². The van der Waals surface area contributed by atoms with E-state index in [1.54, 1.807) is 12.3 Å². The van der Waals surface area contributed by atoms with Crippen molar-refractivity contribution in [2.24, 2.45) is 5.41 Å². The van der Waals surface area contributed by atoms with Crippen molar-refractivity contribution in [2.45, 2.75) is 13.0 Å². The van der Waals surface area contributed by atoms with Crippen molar-refractivity contribution in [1.29, 1.82) is 0 Å². The molecule has 6 rings (SSSR count). The summed E-state index contributed by atoms with van der Waals surface area (Å²) in [7, 11) is -0.890. The molecule has 192 valence electrons. The van der Waals surface area contributed by atoms with Crippen LogP contribution < -0.4 is 9.64 Å². The number of fused-ring (bicyclic) bond motifs is 1. The van der Waals surface area contributed by atoms with Gasteiger partial charge in [-0.25, -0.2) is 13.5 Å². The van der Waals surface area contributed by atoms with Gasteiger partial charge in [-0.2, -0.15) is 10.2 Å². The molecule has 0 amide bonds. The van der Waals surface area contributed by atoms with E-state index in [9.17, 15) is 4.21 Å². The number of anilines is 1. The first-order valence-electron chi connectivity index (χ1n) is 11.5. The Morgan fingerprint density at radius 2 is 1.89 bits per heavy atom. The normalized spacial score (nSPS) is 18.5. The lowest BCUT2D eigenvalue weighted by molar-refractivity contribution is 0.0434. The number of hydrogen-bond acceptors (Lipinski definition) is 7. The Hall–Kier alpha value is -2.50. The first-order chi connectivity index (χ1) is 17.7. The average Bonchev–Trinajstić information content (AvgIpc) is 3.20. The number of aromatic nitrogens is 5. The smallest absolute Gasteiger partial charge is 0.160 e. The number of aromatic amines is 1. The average molecular weight is 579 g/mol. The van der Waals surface area contributed by atoms with Crippen LogP contribution >= 0.6 is 34.8 Å². The summed E-state index contributed by atoms with van der Waals surface area (Å²) in [5, 5.41) is 17.0. The Labute approximate surface area is 230 Å². The fraction of sp³-hybridized carbons (Fsp3) is 0.333. The fourth-order valence-electron chi connectivity index (χ4n) is 5.01. The standard InChI is InChI=1S/C24H22Cl3N7O2S/c1-13(21-17(26)8-29-32-23(21)27)36-19-5-15-18(6-16(19)25)30-31-22(15)14-3-4-20(28-7-14)33-9-24(10-33)11-34(12-24)37(2)35/h3-8,13H,9-12H2,1-2H3,(H,30,31)/t13-,37?/m1/s1. The van der Waals surface area contributed by atoms with Crippen LogP contribution in [0.2, 0.25) is 15.2 Å². The number of benzene rings is 1. The molecule has 2 fully saturated rings. The number of hydrogen-bond donors (Lipinski definition) is 1. The van der Waals surface area contributed by atoms with E-state index in [1.807, 2.05) is 35.6 Å². The summed E-state index contributed by atoms with van der Waals surface area (Å²) in [4.78, 5) is 6.94. The molecule has 0 saturated carbocycles. The highest BCUT2D eigenvalue weighted by atomic mass is 35.5. The predicted molar refractivity (Wildman–Crippen MR) is 146 cm³/mol. The van der Waals surface area contributed by atoms with E-state index in [0.717, 1.165) is 54.2 Å². The van der Waals surface area contributed by atoms with E-state index < -0.39 is 17.1 Å². The summed E-state index contributed by atoms with van der Waals surface area (Å²) < 4.78 is 19.7. The molecule has 4 aromatic rings. The molecule has 13 heteroatoms. The van der Waals surface area contributed by atoms with E-state index in [4.69, 9.17) is 39.5 Å². The largest absolute Gasteiger partial charge is 0.484 e. The SMILES string of the molecule is C[C@@H](Oc1cc2c(-c3ccc(N4CC5(C4)CN(S(C)=O)C5)nc3)n[nH]c2cc1Cl)c1c(Cl)cnnc1Cl. The molecular weight excluding hydrogens is 557 g/mol. The van der Waals surface area contributed by atoms with Gasteiger partial charge in [-0.15, -0.1) is 5.10 Å². The summed E-state index contributed by atoms with van der Waals surface area (Å²) in [6, 6.07) is 7.64. The molecule has 1 aromatic carbocycles. The highest BCUT2D eigenvalue weighted by molar-refractivity contribution is 7.81. The lowest BCUT2D eigenvalue weighted by Gasteiger charge is -2.59. The van der Waals surface area contributed by atoms with Gasteiger partial charge in [0.05, 0.1) is 38.3 Å². The molecule has 5 heterocycles. The topological polar surface area (TPSA) is 100 Å². The quantitative estimate of drug-likeness (QED) is 0.346. The Morgan fingerprint density at radius 1 is 1.11 bits per heavy atom. The molecule has 2 aliphatic rings. The minimum atomic E-state index is -0.890. The van der Waals surface area contributed by atoms with Gasteiger partial charge < -0.3 is 9.64 Å². The summed E-state index contributed by atoms with van der Waals surface area (Å²) >= 11 is 19.0. The third-order valence-electron chi connectivity index (χ3n) is 6.91. The molecule has 1 spiro atoms. The Kier molecular flexibility index (Phi) is 6.27. The molecule has 2 atom stereocenters. The number of H-pyrrole nitrogens is 1. The zero-order valence-corrected chi connectivity index (χ0v) is 23.0. The van der Waals surface area contributed by atoms with Crippen LogP contribution in [0.1, 0.15) is 18.6 Å². The van der Waals surface area contributed by atoms with Crippen LogP contribution in [0, 0.1) is 5.41 Å². The molecular formula is C24H22Cl3N7O2S. The lowest BCUT2D eigenvalue weighted by Crippen LogP contribution is -2.72. The number of nitrogens with one attached hydrogen (secondary N) is 1. The molecule has 37 heavy (non-hydrogen) atoms. The number of pyridine rings is 1. The summed E-state index contributed by atoms with van der Waals surface area (Å²) in [6.45, 7) is 5.43. The van der Waals surface area contributed by atoms with E-state index in [2.05, 4.69) is 30.3 Å². The highest BCUT2D eigenvalue weighted by Gasteiger charge is 2.53. The number of nitrogens with zero attached hydrogens (tertiary/aromatic N) is 6. The summed E-state index contributed by atoms with van der Waals surface area (Å²) in [6.07, 6.45) is 4.47. The highest BCUT2D eigenvalue weighted by Crippen LogP contribution is 2.42. The van der Waals surface area contributed by atoms with Gasteiger partial charge in [0.2, 0.25) is 0 Å². The van der Waals surface area contributed by atoms with E-state index in [-0.39, 0.29) is 10.6 Å². The van der Waals surface area contributed by atoms with Crippen molar-refractivity contribution in [3.05, 3.63) is 57.4 Å². The second kappa shape index (κ2) is 9.36. The van der Waals surface area contributed by atoms with Gasteiger partial charge in [0.25, 0.3) is 0 Å². The molecule has 2 aliphatic heterocycles. The Bertz CT molecular complexity index is 1500. The van der Waals surface area contributed by atoms with Gasteiger partial charge in [0, 0.05) is 55.0 Å². The van der Waals surface area contributed by atoms with Crippen molar-refractivity contribution in [3.63, 3.8) is 0 Å². The van der Waals surface area contributed by atoms with Crippen molar-refractivity contribution in [1.82, 2.24) is 29.7 Å². The second-order valence-electron chi connectivity index (χ2n) is 9.54. The molecule has 0 aliphatic carbocycles. The van der Waals surface area contributed by atoms with Gasteiger partial charge in [0.15, 0.2) is 5.15 Å². The molecule has 0 radical (unpaired) electrons. The maximum absolute atomic E-state index is 11.6. The van der Waals surface area contributed by atoms with Gasteiger partial charge in [-0.05, 0) is 31.2 Å². The third kappa shape index (κ3) is 4.44. The van der Waals surface area contributed by atoms with E-state index in [1.165, 1.54) is 6.20 Å². The number of ether oxygens (including phenoxy) is 1. The zero-order chi connectivity index (χ0) is 25.9. The Morgan fingerprint density at radius 3 is 2.57 bits per heavy atom. The number of rotatable bonds is 6. The van der Waals surface area contributed by atoms with Crippen molar-refractivity contribution >= 4 is 62.5 Å². The molecule has 2 saturated heterocycles. The molecule has 3 aromatic heterocycles. The summed E-state index contributed by atoms with van der Waals surface area (Å²) in [5.41, 5.74) is 3.17. The minimum Gasteiger partial charge on any atom is -0.484 e. The van der Waals surface area contributed by atoms with Crippen LogP contribution in [0.3, 0.4) is 0 Å². The predicted octanol–water partition coefficient (Wildman–Crippen LogP) is 4.93. The lowest BCUT2D eigenvalue weighted by atomic mass is 9.74. The number of halogens is 3. The monoisotopic (exact) mass is 577 g/mol. The van der Waals surface area contributed by atoms with Crippen LogP contribution in [-0.2, 0) is 11.0 Å². The first-order valence-corrected chi connectivity index (χ1v) is 14.2. The Balaban J connectivity index is 1.21. The summed E-state index contributed by atoms with van der Waals surface area (Å²) in [5.74, 6) is 1.39. The first kappa shape index (κ1) is 24.8. The molecule has 9 nitrogen and oxygen atoms in total. The zero-order valence-electron chi connectivity index (χ0n) is 19.9. The van der Waals surface area contributed by atoms with Gasteiger partial charge in [-0.3, -0.25) is 5.10 Å². The van der Waals surface area contributed by atoms with Crippen LogP contribution in [-0.4, -0.2) is 66.3 Å². The molecule has 1 N–H and O–H groups in total. The fourth-order valence-corrected chi connectivity index (χ4v) is 6.77. The maximum Gasteiger partial charge on any atom is 0.160 e. The molecule has 0 bridgehead atoms. The van der Waals surface area contributed by atoms with Crippen LogP contribution in [0.4, 0.5) is 5.82 Å². The minimum absolute atomic E-state index is 0.176. The maximum atomic E-state index is 11.6. The van der Waals surface area contributed by atoms with Crippen LogP contribution in [0.25, 0.3) is 22.2 Å². The van der Waals surface area contributed by atoms with Crippen molar-refractivity contribution in [3.8, 4) is 17.0 Å². The van der Waals surface area contributed by atoms with E-state index in [0.29, 0.717) is 21.4 Å². The van der Waals surface area contributed by atoms with Crippen molar-refractivity contribution < 1.29 is 8.95 Å². The second-order valence-corrected chi connectivity index (χ2v) is 12.1. The van der Waals surface area contributed by atoms with Gasteiger partial charge in [0.1, 0.15) is 23.4 Å². The van der Waals surface area contributed by atoms with Gasteiger partial charge >= 0.3 is 0 Å². The van der Waals surface area contributed by atoms with Crippen molar-refractivity contribution in [2.75, 3.05) is 37.3 Å². The third-order valence-corrected chi connectivity index (χ3v) is 8.77. The van der Waals surface area contributed by atoms with E-state index >= 15 is 0 Å². The van der Waals surface area contributed by atoms with Gasteiger partial charge in [-0.1, -0.05) is 34.8 Å². The molecule has 1 unspecified atom stereocenters. The van der Waals surface area contributed by atoms with Crippen LogP contribution in [0.5, 0.6) is 5.75 Å².